The van der Waals surface area contributed by atoms with Gasteiger partial charge in [0.05, 0.1) is 17.9 Å². The second-order valence-electron chi connectivity index (χ2n) is 7.88. The molecule has 0 amide bonds. The first-order chi connectivity index (χ1) is 15.7. The van der Waals surface area contributed by atoms with E-state index in [1.165, 1.54) is 5.56 Å². The Morgan fingerprint density at radius 3 is 2.50 bits per heavy atom. The molecule has 4 heterocycles. The Morgan fingerprint density at radius 1 is 0.875 bits per heavy atom. The van der Waals surface area contributed by atoms with Gasteiger partial charge in [-0.1, -0.05) is 54.6 Å². The van der Waals surface area contributed by atoms with Crippen LogP contribution in [-0.4, -0.2) is 29.4 Å². The quantitative estimate of drug-likeness (QED) is 0.398. The van der Waals surface area contributed by atoms with Crippen molar-refractivity contribution in [3.8, 4) is 22.4 Å². The largest absolute Gasteiger partial charge is 0.268 e. The van der Waals surface area contributed by atoms with Crippen LogP contribution in [0.5, 0.6) is 0 Å². The van der Waals surface area contributed by atoms with Gasteiger partial charge in [0.15, 0.2) is 11.3 Å². The summed E-state index contributed by atoms with van der Waals surface area (Å²) in [5, 5.41) is 9.87. The molecule has 0 fully saturated rings. The molecule has 0 bridgehead atoms. The SMILES string of the molecule is Cc1cc2ncc3cc(-c4ccccc4)c(-c4ccc(Cn5cccn5)cc4)nc3n2n1. The summed E-state index contributed by atoms with van der Waals surface area (Å²) in [7, 11) is 0. The first-order valence-electron chi connectivity index (χ1n) is 10.5. The molecule has 6 nitrogen and oxygen atoms in total. The van der Waals surface area contributed by atoms with Crippen molar-refractivity contribution in [1.29, 1.82) is 0 Å². The van der Waals surface area contributed by atoms with Crippen molar-refractivity contribution in [3.05, 3.63) is 103 Å². The van der Waals surface area contributed by atoms with Gasteiger partial charge in [-0.25, -0.2) is 9.97 Å². The molecular formula is C26H20N6. The monoisotopic (exact) mass is 416 g/mol. The lowest BCUT2D eigenvalue weighted by atomic mass is 9.98. The Labute approximate surface area is 184 Å². The van der Waals surface area contributed by atoms with Crippen LogP contribution in [-0.2, 0) is 6.54 Å². The second-order valence-corrected chi connectivity index (χ2v) is 7.88. The minimum atomic E-state index is 0.739. The number of rotatable bonds is 4. The zero-order valence-corrected chi connectivity index (χ0v) is 17.6. The van der Waals surface area contributed by atoms with Crippen LogP contribution >= 0.6 is 0 Å². The van der Waals surface area contributed by atoms with Crippen LogP contribution in [0.3, 0.4) is 0 Å². The smallest absolute Gasteiger partial charge is 0.165 e. The molecule has 0 aliphatic rings. The van der Waals surface area contributed by atoms with Gasteiger partial charge in [0.2, 0.25) is 0 Å². The van der Waals surface area contributed by atoms with Crippen LogP contribution in [0.25, 0.3) is 39.1 Å². The molecule has 0 spiro atoms. The highest BCUT2D eigenvalue weighted by Gasteiger charge is 2.14. The normalized spacial score (nSPS) is 11.4. The first kappa shape index (κ1) is 18.4. The van der Waals surface area contributed by atoms with E-state index in [1.807, 2.05) is 46.7 Å². The van der Waals surface area contributed by atoms with Crippen LogP contribution in [0, 0.1) is 6.92 Å². The molecule has 0 aliphatic carbocycles. The average molecular weight is 416 g/mol. The number of hydrogen-bond donors (Lipinski definition) is 0. The summed E-state index contributed by atoms with van der Waals surface area (Å²) in [6.45, 7) is 2.71. The van der Waals surface area contributed by atoms with Crippen molar-refractivity contribution in [1.82, 2.24) is 29.4 Å². The van der Waals surface area contributed by atoms with E-state index < -0.39 is 0 Å². The van der Waals surface area contributed by atoms with Crippen LogP contribution in [0.15, 0.2) is 91.4 Å². The molecule has 0 radical (unpaired) electrons. The van der Waals surface area contributed by atoms with Gasteiger partial charge in [0.1, 0.15) is 0 Å². The number of pyridine rings is 1. The Bertz CT molecular complexity index is 1530. The topological polar surface area (TPSA) is 60.9 Å². The molecule has 154 valence electrons. The lowest BCUT2D eigenvalue weighted by molar-refractivity contribution is 0.687. The van der Waals surface area contributed by atoms with Gasteiger partial charge in [-0.2, -0.15) is 14.7 Å². The van der Waals surface area contributed by atoms with Crippen LogP contribution in [0.4, 0.5) is 0 Å². The molecule has 6 rings (SSSR count). The van der Waals surface area contributed by atoms with E-state index in [0.29, 0.717) is 0 Å². The standard InChI is InChI=1S/C26H20N6/c1-18-14-24-27-16-22-15-23(20-6-3-2-4-7-20)25(29-26(22)32(24)30-18)21-10-8-19(9-11-21)17-31-13-5-12-28-31/h2-16H,17H2,1H3. The Morgan fingerprint density at radius 2 is 1.72 bits per heavy atom. The van der Waals surface area contributed by atoms with Crippen LogP contribution in [0.2, 0.25) is 0 Å². The first-order valence-corrected chi connectivity index (χ1v) is 10.5. The number of aromatic nitrogens is 6. The summed E-state index contributed by atoms with van der Waals surface area (Å²) < 4.78 is 3.75. The van der Waals surface area contributed by atoms with Gasteiger partial charge in [0.25, 0.3) is 0 Å². The van der Waals surface area contributed by atoms with Gasteiger partial charge in [-0.05, 0) is 30.2 Å². The van der Waals surface area contributed by atoms with Crippen molar-refractivity contribution in [2.24, 2.45) is 0 Å². The molecule has 6 heteroatoms. The number of fused-ring (bicyclic) bond motifs is 3. The summed E-state index contributed by atoms with van der Waals surface area (Å²) in [6, 6.07) is 25.0. The molecule has 0 unspecified atom stereocenters. The zero-order valence-electron chi connectivity index (χ0n) is 17.6. The number of benzene rings is 2. The Balaban J connectivity index is 1.53. The molecule has 32 heavy (non-hydrogen) atoms. The second kappa shape index (κ2) is 7.42. The maximum atomic E-state index is 5.11. The molecule has 0 N–H and O–H groups in total. The lowest BCUT2D eigenvalue weighted by Gasteiger charge is -2.12. The Hall–Kier alpha value is -4.32. The third kappa shape index (κ3) is 3.22. The summed E-state index contributed by atoms with van der Waals surface area (Å²) >= 11 is 0. The van der Waals surface area contributed by atoms with Gasteiger partial charge >= 0.3 is 0 Å². The predicted molar refractivity (Wildman–Crippen MR) is 125 cm³/mol. The summed E-state index contributed by atoms with van der Waals surface area (Å²) in [5.41, 5.74) is 7.89. The minimum absolute atomic E-state index is 0.739. The van der Waals surface area contributed by atoms with Crippen molar-refractivity contribution < 1.29 is 0 Å². The molecular weight excluding hydrogens is 396 g/mol. The number of hydrogen-bond acceptors (Lipinski definition) is 4. The third-order valence-corrected chi connectivity index (χ3v) is 5.60. The fraction of sp³-hybridized carbons (Fsp3) is 0.0769. The highest BCUT2D eigenvalue weighted by atomic mass is 15.3. The van der Waals surface area contributed by atoms with E-state index in [4.69, 9.17) is 4.98 Å². The van der Waals surface area contributed by atoms with Crippen molar-refractivity contribution in [2.75, 3.05) is 0 Å². The van der Waals surface area contributed by atoms with Gasteiger partial charge in [-0.15, -0.1) is 0 Å². The van der Waals surface area contributed by atoms with Crippen molar-refractivity contribution in [3.63, 3.8) is 0 Å². The summed E-state index contributed by atoms with van der Waals surface area (Å²) in [5.74, 6) is 0. The third-order valence-electron chi connectivity index (χ3n) is 5.60. The van der Waals surface area contributed by atoms with Crippen molar-refractivity contribution in [2.45, 2.75) is 13.5 Å². The molecule has 2 aromatic carbocycles. The van der Waals surface area contributed by atoms with E-state index in [9.17, 15) is 0 Å². The Kier molecular flexibility index (Phi) is 4.28. The fourth-order valence-electron chi connectivity index (χ4n) is 4.06. The summed E-state index contributed by atoms with van der Waals surface area (Å²) in [6.07, 6.45) is 5.64. The molecule has 0 saturated heterocycles. The van der Waals surface area contributed by atoms with Gasteiger partial charge < -0.3 is 0 Å². The molecule has 0 aliphatic heterocycles. The average Bonchev–Trinajstić information content (AvgIpc) is 3.48. The highest BCUT2D eigenvalue weighted by molar-refractivity contribution is 5.90. The summed E-state index contributed by atoms with van der Waals surface area (Å²) in [4.78, 5) is 9.68. The van der Waals surface area contributed by atoms with Gasteiger partial charge in [-0.3, -0.25) is 4.68 Å². The van der Waals surface area contributed by atoms with Crippen LogP contribution in [0.1, 0.15) is 11.3 Å². The maximum Gasteiger partial charge on any atom is 0.165 e. The van der Waals surface area contributed by atoms with E-state index >= 15 is 0 Å². The van der Waals surface area contributed by atoms with E-state index in [2.05, 4.69) is 69.8 Å². The van der Waals surface area contributed by atoms with E-state index in [1.54, 1.807) is 6.20 Å². The van der Waals surface area contributed by atoms with E-state index in [-0.39, 0.29) is 0 Å². The molecule has 0 saturated carbocycles. The fourth-order valence-corrected chi connectivity index (χ4v) is 4.06. The molecule has 6 aromatic rings. The molecule has 0 atom stereocenters. The zero-order chi connectivity index (χ0) is 21.5. The van der Waals surface area contributed by atoms with Crippen molar-refractivity contribution >= 4 is 16.7 Å². The number of aryl methyl sites for hydroxylation is 1. The predicted octanol–water partition coefficient (Wildman–Crippen LogP) is 5.16. The van der Waals surface area contributed by atoms with Crippen LogP contribution < -0.4 is 0 Å². The van der Waals surface area contributed by atoms with Gasteiger partial charge in [0, 0.05) is 41.2 Å². The lowest BCUT2D eigenvalue weighted by Crippen LogP contribution is -2.01. The van der Waals surface area contributed by atoms with E-state index in [0.717, 1.165) is 51.3 Å². The maximum absolute atomic E-state index is 5.11. The highest BCUT2D eigenvalue weighted by Crippen LogP contribution is 2.33. The number of nitrogens with zero attached hydrogens (tertiary/aromatic N) is 6. The minimum Gasteiger partial charge on any atom is -0.268 e. The molecule has 4 aromatic heterocycles.